The fraction of sp³-hybridized carbons (Fsp3) is 0.0769. The molecular formula is C13H11ClOS. The number of aryl methyl sites for hydroxylation is 1. The van der Waals surface area contributed by atoms with Crippen LogP contribution in [0, 0.1) is 6.92 Å². The molecule has 0 fully saturated rings. The van der Waals surface area contributed by atoms with Crippen molar-refractivity contribution in [3.05, 3.63) is 48.0 Å². The van der Waals surface area contributed by atoms with Gasteiger partial charge in [0.15, 0.2) is 0 Å². The van der Waals surface area contributed by atoms with Gasteiger partial charge in [-0.15, -0.1) is 0 Å². The average Bonchev–Trinajstić information content (AvgIpc) is 2.30. The van der Waals surface area contributed by atoms with Gasteiger partial charge in [-0.2, -0.15) is 0 Å². The van der Waals surface area contributed by atoms with E-state index < -0.39 is 0 Å². The van der Waals surface area contributed by atoms with Crippen LogP contribution in [0.15, 0.2) is 47.4 Å². The Morgan fingerprint density at radius 3 is 2.50 bits per heavy atom. The van der Waals surface area contributed by atoms with E-state index in [4.69, 9.17) is 10.7 Å². The lowest BCUT2D eigenvalue weighted by atomic mass is 10.0. The van der Waals surface area contributed by atoms with Crippen LogP contribution in [-0.4, -0.2) is 5.11 Å². The quantitative estimate of drug-likeness (QED) is 0.840. The van der Waals surface area contributed by atoms with Gasteiger partial charge in [-0.05, 0) is 46.3 Å². The third kappa shape index (κ3) is 2.18. The molecule has 16 heavy (non-hydrogen) atoms. The minimum Gasteiger partial charge on any atom is -0.507 e. The molecule has 0 aliphatic rings. The maximum Gasteiger partial charge on any atom is 0.123 e. The fourth-order valence-corrected chi connectivity index (χ4v) is 2.49. The molecule has 0 aliphatic carbocycles. The molecule has 0 bridgehead atoms. The van der Waals surface area contributed by atoms with Gasteiger partial charge in [-0.25, -0.2) is 0 Å². The Balaban J connectivity index is 2.60. The minimum atomic E-state index is 0.276. The Hall–Kier alpha value is -1.12. The van der Waals surface area contributed by atoms with Gasteiger partial charge in [0, 0.05) is 16.0 Å². The van der Waals surface area contributed by atoms with Crippen LogP contribution in [0.2, 0.25) is 0 Å². The molecule has 0 aromatic heterocycles. The highest BCUT2D eigenvalue weighted by atomic mass is 35.7. The third-order valence-corrected chi connectivity index (χ3v) is 3.42. The molecule has 0 spiro atoms. The number of phenolic OH excluding ortho intramolecular Hbond substituents is 1. The summed E-state index contributed by atoms with van der Waals surface area (Å²) in [5, 5.41) is 9.80. The summed E-state index contributed by atoms with van der Waals surface area (Å²) in [6.07, 6.45) is 0. The van der Waals surface area contributed by atoms with Crippen molar-refractivity contribution in [2.75, 3.05) is 0 Å². The highest BCUT2D eigenvalue weighted by molar-refractivity contribution is 8.21. The smallest absolute Gasteiger partial charge is 0.123 e. The third-order valence-electron chi connectivity index (χ3n) is 2.41. The Bertz CT molecular complexity index is 511. The van der Waals surface area contributed by atoms with E-state index in [0.717, 1.165) is 21.6 Å². The molecule has 2 aromatic rings. The van der Waals surface area contributed by atoms with E-state index >= 15 is 0 Å². The average molecular weight is 251 g/mol. The number of hydrogen-bond donors (Lipinski definition) is 1. The molecule has 0 saturated carbocycles. The molecule has 0 amide bonds. The Morgan fingerprint density at radius 2 is 1.81 bits per heavy atom. The van der Waals surface area contributed by atoms with Crippen LogP contribution in [0.5, 0.6) is 5.75 Å². The zero-order chi connectivity index (χ0) is 11.5. The van der Waals surface area contributed by atoms with Gasteiger partial charge in [0.2, 0.25) is 0 Å². The number of phenols is 1. The Kier molecular flexibility index (Phi) is 3.42. The van der Waals surface area contributed by atoms with Crippen molar-refractivity contribution in [1.82, 2.24) is 0 Å². The summed E-state index contributed by atoms with van der Waals surface area (Å²) in [5.74, 6) is 0.276. The van der Waals surface area contributed by atoms with Crippen molar-refractivity contribution in [2.24, 2.45) is 0 Å². The second-order valence-corrected chi connectivity index (χ2v) is 4.65. The van der Waals surface area contributed by atoms with Gasteiger partial charge in [0.1, 0.15) is 5.75 Å². The zero-order valence-corrected chi connectivity index (χ0v) is 10.3. The molecule has 0 radical (unpaired) electrons. The molecule has 0 unspecified atom stereocenters. The predicted octanol–water partition coefficient (Wildman–Crippen LogP) is 4.61. The second-order valence-electron chi connectivity index (χ2n) is 3.59. The first-order chi connectivity index (χ1) is 7.72. The largest absolute Gasteiger partial charge is 0.507 e. The van der Waals surface area contributed by atoms with Gasteiger partial charge in [0.05, 0.1) is 0 Å². The van der Waals surface area contributed by atoms with Crippen LogP contribution in [0.25, 0.3) is 11.1 Å². The minimum absolute atomic E-state index is 0.276. The molecule has 1 N–H and O–H groups in total. The maximum atomic E-state index is 9.80. The van der Waals surface area contributed by atoms with Crippen molar-refractivity contribution in [2.45, 2.75) is 11.8 Å². The molecule has 1 nitrogen and oxygen atoms in total. The van der Waals surface area contributed by atoms with E-state index in [1.54, 1.807) is 12.1 Å². The molecular weight excluding hydrogens is 240 g/mol. The highest BCUT2D eigenvalue weighted by Gasteiger charge is 2.08. The lowest BCUT2D eigenvalue weighted by Gasteiger charge is -2.09. The van der Waals surface area contributed by atoms with Crippen LogP contribution in [0.1, 0.15) is 5.56 Å². The van der Waals surface area contributed by atoms with E-state index in [-0.39, 0.29) is 5.75 Å². The van der Waals surface area contributed by atoms with Gasteiger partial charge in [-0.1, -0.05) is 30.3 Å². The van der Waals surface area contributed by atoms with E-state index in [0.29, 0.717) is 0 Å². The first-order valence-electron chi connectivity index (χ1n) is 4.90. The van der Waals surface area contributed by atoms with E-state index in [2.05, 4.69) is 0 Å². The van der Waals surface area contributed by atoms with Crippen LogP contribution in [-0.2, 0) is 0 Å². The summed E-state index contributed by atoms with van der Waals surface area (Å²) >= 11 is 0. The lowest BCUT2D eigenvalue weighted by Crippen LogP contribution is -1.83. The number of aromatic hydroxyl groups is 1. The number of halogens is 1. The first-order valence-corrected chi connectivity index (χ1v) is 6.54. The van der Waals surface area contributed by atoms with Crippen molar-refractivity contribution in [1.29, 1.82) is 0 Å². The van der Waals surface area contributed by atoms with Crippen molar-refractivity contribution < 1.29 is 5.11 Å². The van der Waals surface area contributed by atoms with Gasteiger partial charge in [-0.3, -0.25) is 0 Å². The summed E-state index contributed by atoms with van der Waals surface area (Å²) in [4.78, 5) is 0.961. The number of benzene rings is 2. The Labute approximate surface area is 104 Å². The topological polar surface area (TPSA) is 20.2 Å². The molecule has 0 saturated heterocycles. The fourth-order valence-electron chi connectivity index (χ4n) is 1.62. The van der Waals surface area contributed by atoms with Gasteiger partial charge >= 0.3 is 0 Å². The SMILES string of the molecule is Cc1ccc(-c2ccccc2O)c(SCl)c1. The molecule has 2 rings (SSSR count). The first kappa shape index (κ1) is 11.4. The molecule has 2 aromatic carbocycles. The van der Waals surface area contributed by atoms with Crippen molar-refractivity contribution in [3.63, 3.8) is 0 Å². The van der Waals surface area contributed by atoms with E-state index in [9.17, 15) is 5.11 Å². The summed E-state index contributed by atoms with van der Waals surface area (Å²) in [5.41, 5.74) is 2.93. The number of para-hydroxylation sites is 1. The van der Waals surface area contributed by atoms with E-state index in [1.807, 2.05) is 37.3 Å². The Morgan fingerprint density at radius 1 is 1.06 bits per heavy atom. The van der Waals surface area contributed by atoms with Crippen molar-refractivity contribution >= 4 is 21.7 Å². The monoisotopic (exact) mass is 250 g/mol. The van der Waals surface area contributed by atoms with Gasteiger partial charge < -0.3 is 5.11 Å². The van der Waals surface area contributed by atoms with E-state index in [1.165, 1.54) is 11.0 Å². The normalized spacial score (nSPS) is 10.4. The van der Waals surface area contributed by atoms with Crippen LogP contribution in [0.4, 0.5) is 0 Å². The second kappa shape index (κ2) is 4.81. The molecule has 0 aliphatic heterocycles. The number of rotatable bonds is 2. The molecule has 82 valence electrons. The number of hydrogen-bond acceptors (Lipinski definition) is 2. The molecule has 3 heteroatoms. The zero-order valence-electron chi connectivity index (χ0n) is 8.77. The molecule has 0 atom stereocenters. The highest BCUT2D eigenvalue weighted by Crippen LogP contribution is 2.37. The standard InChI is InChI=1S/C13H11ClOS/c1-9-6-7-11(13(8-9)16-14)10-4-2-3-5-12(10)15/h2-8,15H,1H3. The van der Waals surface area contributed by atoms with Crippen molar-refractivity contribution in [3.8, 4) is 16.9 Å². The molecule has 0 heterocycles. The van der Waals surface area contributed by atoms with Crippen LogP contribution < -0.4 is 0 Å². The van der Waals surface area contributed by atoms with Crippen LogP contribution in [0.3, 0.4) is 0 Å². The lowest BCUT2D eigenvalue weighted by molar-refractivity contribution is 0.477. The maximum absolute atomic E-state index is 9.80. The summed E-state index contributed by atoms with van der Waals surface area (Å²) in [6.45, 7) is 2.02. The van der Waals surface area contributed by atoms with Crippen LogP contribution >= 0.6 is 21.7 Å². The predicted molar refractivity (Wildman–Crippen MR) is 70.0 cm³/mol. The summed E-state index contributed by atoms with van der Waals surface area (Å²) in [6, 6.07) is 13.3. The summed E-state index contributed by atoms with van der Waals surface area (Å²) in [7, 11) is 7.02. The van der Waals surface area contributed by atoms with Gasteiger partial charge in [0.25, 0.3) is 0 Å². The summed E-state index contributed by atoms with van der Waals surface area (Å²) < 4.78 is 0.